The number of hydrogen-bond acceptors (Lipinski definition) is 5. The van der Waals surface area contributed by atoms with Crippen molar-refractivity contribution in [1.29, 1.82) is 0 Å². The summed E-state index contributed by atoms with van der Waals surface area (Å²) in [7, 11) is 0.947. The molecule has 0 fully saturated rings. The van der Waals surface area contributed by atoms with E-state index in [2.05, 4.69) is 10.1 Å². The van der Waals surface area contributed by atoms with Gasteiger partial charge in [0.25, 0.3) is 0 Å². The van der Waals surface area contributed by atoms with Crippen molar-refractivity contribution < 1.29 is 32.2 Å². The number of methoxy groups -OCH3 is 1. The van der Waals surface area contributed by atoms with Gasteiger partial charge in [-0.25, -0.2) is 9.59 Å². The minimum atomic E-state index is -4.72. The summed E-state index contributed by atoms with van der Waals surface area (Å²) in [5.74, 6) is -2.33. The second-order valence-corrected chi connectivity index (χ2v) is 4.21. The lowest BCUT2D eigenvalue weighted by Crippen LogP contribution is -2.43. The smallest absolute Gasteiger partial charge is 0.411 e. The first-order chi connectivity index (χ1) is 9.12. The van der Waals surface area contributed by atoms with Crippen molar-refractivity contribution in [2.45, 2.75) is 33.0 Å². The molecule has 0 rings (SSSR count). The van der Waals surface area contributed by atoms with Gasteiger partial charge in [-0.1, -0.05) is 13.8 Å². The van der Waals surface area contributed by atoms with E-state index in [-0.39, 0.29) is 18.6 Å². The van der Waals surface area contributed by atoms with Crippen molar-refractivity contribution in [3.8, 4) is 0 Å². The van der Waals surface area contributed by atoms with Crippen LogP contribution in [0, 0.1) is 5.92 Å². The van der Waals surface area contributed by atoms with Gasteiger partial charge >= 0.3 is 18.1 Å². The summed E-state index contributed by atoms with van der Waals surface area (Å²) in [4.78, 5) is 23.0. The molecule has 0 heterocycles. The number of hydrogen-bond donors (Lipinski definition) is 1. The minimum absolute atomic E-state index is 0.0836. The van der Waals surface area contributed by atoms with Crippen LogP contribution >= 0.6 is 0 Å². The number of allylic oxidation sites excluding steroid dienone is 1. The second-order valence-electron chi connectivity index (χ2n) is 4.21. The van der Waals surface area contributed by atoms with Crippen molar-refractivity contribution >= 4 is 11.9 Å². The number of halogens is 3. The van der Waals surface area contributed by atoms with E-state index in [4.69, 9.17) is 4.74 Å². The number of nitrogens with one attached hydrogen (secondary N) is 1. The van der Waals surface area contributed by atoms with Crippen LogP contribution in [0.25, 0.3) is 0 Å². The Balaban J connectivity index is 5.25. The van der Waals surface area contributed by atoms with Gasteiger partial charge in [-0.05, 0) is 12.8 Å². The minimum Gasteiger partial charge on any atom is -0.464 e. The van der Waals surface area contributed by atoms with Gasteiger partial charge in [0.15, 0.2) is 0 Å². The molecule has 0 aliphatic heterocycles. The maximum absolute atomic E-state index is 12.4. The van der Waals surface area contributed by atoms with E-state index in [0.29, 0.717) is 0 Å². The van der Waals surface area contributed by atoms with Gasteiger partial charge in [0, 0.05) is 6.08 Å². The molecule has 0 aromatic rings. The molecule has 0 saturated heterocycles. The predicted molar refractivity (Wildman–Crippen MR) is 64.5 cm³/mol. The van der Waals surface area contributed by atoms with Crippen LogP contribution in [-0.4, -0.2) is 37.9 Å². The first kappa shape index (κ1) is 18.3. The molecule has 1 N–H and O–H groups in total. The van der Waals surface area contributed by atoms with E-state index in [0.717, 1.165) is 7.11 Å². The Morgan fingerprint density at radius 1 is 1.30 bits per heavy atom. The summed E-state index contributed by atoms with van der Waals surface area (Å²) in [6.45, 7) is 4.87. The second kappa shape index (κ2) is 7.76. The number of carbonyl (C=O) groups is 2. The lowest BCUT2D eigenvalue weighted by atomic mass is 10.0. The molecule has 0 spiro atoms. The van der Waals surface area contributed by atoms with E-state index in [1.54, 1.807) is 20.8 Å². The third-order valence-electron chi connectivity index (χ3n) is 2.23. The van der Waals surface area contributed by atoms with Crippen molar-refractivity contribution in [3.05, 3.63) is 11.8 Å². The van der Waals surface area contributed by atoms with E-state index in [1.807, 2.05) is 0 Å². The zero-order valence-electron chi connectivity index (χ0n) is 11.7. The third-order valence-corrected chi connectivity index (χ3v) is 2.23. The standard InChI is InChI=1S/C12H18F3NO4/c1-5-20-11(18)9(7(2)3)16-8(10(17)19-4)6-12(13,14)15/h6-7,9,16H,5H2,1-4H3/b8-6-/t9-/m0/s1. The first-order valence-corrected chi connectivity index (χ1v) is 5.93. The number of carbonyl (C=O) groups excluding carboxylic acids is 2. The first-order valence-electron chi connectivity index (χ1n) is 5.93. The van der Waals surface area contributed by atoms with Gasteiger partial charge in [-0.15, -0.1) is 0 Å². The summed E-state index contributed by atoms with van der Waals surface area (Å²) in [5, 5.41) is 2.24. The average Bonchev–Trinajstić information content (AvgIpc) is 2.31. The summed E-state index contributed by atoms with van der Waals surface area (Å²) in [5.41, 5.74) is -0.841. The van der Waals surface area contributed by atoms with Crippen LogP contribution in [0.2, 0.25) is 0 Å². The maximum atomic E-state index is 12.4. The number of ether oxygens (including phenoxy) is 2. The Morgan fingerprint density at radius 3 is 2.20 bits per heavy atom. The molecule has 0 aromatic carbocycles. The van der Waals surface area contributed by atoms with Gasteiger partial charge in [-0.3, -0.25) is 0 Å². The van der Waals surface area contributed by atoms with Gasteiger partial charge in [0.05, 0.1) is 13.7 Å². The fraction of sp³-hybridized carbons (Fsp3) is 0.667. The lowest BCUT2D eigenvalue weighted by molar-refractivity contribution is -0.147. The zero-order chi connectivity index (χ0) is 15.9. The van der Waals surface area contributed by atoms with Crippen LogP contribution in [0.1, 0.15) is 20.8 Å². The van der Waals surface area contributed by atoms with E-state index in [9.17, 15) is 22.8 Å². The monoisotopic (exact) mass is 297 g/mol. The van der Waals surface area contributed by atoms with Crippen LogP contribution in [0.3, 0.4) is 0 Å². The summed E-state index contributed by atoms with van der Waals surface area (Å²) in [6.07, 6.45) is -4.96. The van der Waals surface area contributed by atoms with E-state index >= 15 is 0 Å². The molecule has 0 amide bonds. The van der Waals surface area contributed by atoms with Crippen molar-refractivity contribution in [3.63, 3.8) is 0 Å². The molecule has 20 heavy (non-hydrogen) atoms. The molecule has 1 atom stereocenters. The SMILES string of the molecule is CCOC(=O)[C@@H](N/C(=C\C(F)(F)F)C(=O)OC)C(C)C. The molecular weight excluding hydrogens is 279 g/mol. The molecule has 0 radical (unpaired) electrons. The Kier molecular flexibility index (Phi) is 7.09. The van der Waals surface area contributed by atoms with Crippen molar-refractivity contribution in [2.24, 2.45) is 5.92 Å². The van der Waals surface area contributed by atoms with Gasteiger partial charge < -0.3 is 14.8 Å². The fourth-order valence-corrected chi connectivity index (χ4v) is 1.33. The summed E-state index contributed by atoms with van der Waals surface area (Å²) in [6, 6.07) is -1.08. The van der Waals surface area contributed by atoms with Gasteiger partial charge in [-0.2, -0.15) is 13.2 Å². The van der Waals surface area contributed by atoms with Crippen LogP contribution in [0.5, 0.6) is 0 Å². The van der Waals surface area contributed by atoms with Crippen LogP contribution in [0.15, 0.2) is 11.8 Å². The topological polar surface area (TPSA) is 64.6 Å². The molecule has 116 valence electrons. The highest BCUT2D eigenvalue weighted by molar-refractivity contribution is 5.89. The molecule has 8 heteroatoms. The number of esters is 2. The molecule has 0 saturated carbocycles. The van der Waals surface area contributed by atoms with E-state index < -0.39 is 29.9 Å². The Hall–Kier alpha value is -1.73. The molecule has 0 aliphatic carbocycles. The van der Waals surface area contributed by atoms with Gasteiger partial charge in [0.2, 0.25) is 0 Å². The van der Waals surface area contributed by atoms with Crippen molar-refractivity contribution in [1.82, 2.24) is 5.32 Å². The number of rotatable bonds is 6. The molecule has 0 unspecified atom stereocenters. The predicted octanol–water partition coefficient (Wildman–Crippen LogP) is 1.78. The Morgan fingerprint density at radius 2 is 1.85 bits per heavy atom. The molecule has 0 aromatic heterocycles. The quantitative estimate of drug-likeness (QED) is 0.598. The van der Waals surface area contributed by atoms with E-state index in [1.165, 1.54) is 0 Å². The lowest BCUT2D eigenvalue weighted by Gasteiger charge is -2.22. The third kappa shape index (κ3) is 6.44. The Labute approximate surface area is 115 Å². The number of alkyl halides is 3. The molecule has 5 nitrogen and oxygen atoms in total. The highest BCUT2D eigenvalue weighted by atomic mass is 19.4. The summed E-state index contributed by atoms with van der Waals surface area (Å²) >= 11 is 0. The fourth-order valence-electron chi connectivity index (χ4n) is 1.33. The molecule has 0 aliphatic rings. The highest BCUT2D eigenvalue weighted by Gasteiger charge is 2.31. The summed E-state index contributed by atoms with van der Waals surface area (Å²) < 4.78 is 46.1. The van der Waals surface area contributed by atoms with Crippen LogP contribution in [-0.2, 0) is 19.1 Å². The van der Waals surface area contributed by atoms with Gasteiger partial charge in [0.1, 0.15) is 11.7 Å². The highest BCUT2D eigenvalue weighted by Crippen LogP contribution is 2.19. The largest absolute Gasteiger partial charge is 0.464 e. The zero-order valence-corrected chi connectivity index (χ0v) is 11.7. The van der Waals surface area contributed by atoms with Crippen LogP contribution in [0.4, 0.5) is 13.2 Å². The van der Waals surface area contributed by atoms with Crippen LogP contribution < -0.4 is 5.32 Å². The Bertz CT molecular complexity index is 377. The van der Waals surface area contributed by atoms with Crippen molar-refractivity contribution in [2.75, 3.05) is 13.7 Å². The maximum Gasteiger partial charge on any atom is 0.411 e. The average molecular weight is 297 g/mol. The molecular formula is C12H18F3NO4. The molecule has 0 bridgehead atoms. The normalized spacial score (nSPS) is 13.9.